The number of esters is 1. The Morgan fingerprint density at radius 3 is 2.88 bits per heavy atom. The number of aromatic nitrogens is 1. The maximum Gasteiger partial charge on any atom is 0.310 e. The van der Waals surface area contributed by atoms with Gasteiger partial charge in [-0.05, 0) is 18.6 Å². The summed E-state index contributed by atoms with van der Waals surface area (Å²) in [4.78, 5) is 14.7. The Hall–Kier alpha value is -1.72. The number of alkyl halides is 2. The average molecular weight is 230 g/mol. The second-order valence-corrected chi connectivity index (χ2v) is 3.05. The largest absolute Gasteiger partial charge is 0.466 e. The molecule has 0 atom stereocenters. The first-order chi connectivity index (χ1) is 7.56. The van der Waals surface area contributed by atoms with E-state index in [1.807, 2.05) is 0 Å². The molecule has 0 radical (unpaired) electrons. The third-order valence-corrected chi connectivity index (χ3v) is 1.97. The fourth-order valence-corrected chi connectivity index (χ4v) is 1.30. The van der Waals surface area contributed by atoms with Crippen molar-refractivity contribution in [2.75, 3.05) is 12.3 Å². The van der Waals surface area contributed by atoms with Gasteiger partial charge in [-0.2, -0.15) is 0 Å². The molecule has 0 saturated heterocycles. The maximum atomic E-state index is 12.7. The van der Waals surface area contributed by atoms with Crippen LogP contribution in [0.25, 0.3) is 0 Å². The second kappa shape index (κ2) is 5.39. The second-order valence-electron chi connectivity index (χ2n) is 3.05. The Balaban J connectivity index is 2.95. The molecule has 2 N–H and O–H groups in total. The van der Waals surface area contributed by atoms with E-state index < -0.39 is 18.0 Å². The first-order valence-electron chi connectivity index (χ1n) is 4.73. The molecule has 0 amide bonds. The van der Waals surface area contributed by atoms with Gasteiger partial charge in [-0.15, -0.1) is 0 Å². The number of rotatable bonds is 4. The van der Waals surface area contributed by atoms with Gasteiger partial charge in [0.1, 0.15) is 5.82 Å². The Kier molecular flexibility index (Phi) is 4.16. The van der Waals surface area contributed by atoms with E-state index in [1.165, 1.54) is 12.3 Å². The van der Waals surface area contributed by atoms with Gasteiger partial charge in [0, 0.05) is 6.20 Å². The summed E-state index contributed by atoms with van der Waals surface area (Å²) in [6.45, 7) is 1.86. The zero-order valence-corrected chi connectivity index (χ0v) is 8.74. The maximum absolute atomic E-state index is 12.7. The molecule has 1 heterocycles. The summed E-state index contributed by atoms with van der Waals surface area (Å²) < 4.78 is 30.0. The Morgan fingerprint density at radius 1 is 1.62 bits per heavy atom. The van der Waals surface area contributed by atoms with E-state index in [-0.39, 0.29) is 24.4 Å². The van der Waals surface area contributed by atoms with Crippen molar-refractivity contribution >= 4 is 11.8 Å². The fraction of sp³-hybridized carbons (Fsp3) is 0.400. The van der Waals surface area contributed by atoms with Gasteiger partial charge in [-0.25, -0.2) is 13.8 Å². The Morgan fingerprint density at radius 2 is 2.31 bits per heavy atom. The summed E-state index contributed by atoms with van der Waals surface area (Å²) in [6, 6.07) is 1.34. The Labute approximate surface area is 91.4 Å². The molecule has 0 saturated carbocycles. The van der Waals surface area contributed by atoms with Crippen LogP contribution in [-0.2, 0) is 16.0 Å². The molecule has 16 heavy (non-hydrogen) atoms. The number of carbonyl (C=O) groups excluding carboxylic acids is 1. The summed E-state index contributed by atoms with van der Waals surface area (Å²) >= 11 is 0. The van der Waals surface area contributed by atoms with Crippen molar-refractivity contribution in [2.24, 2.45) is 0 Å². The molecule has 0 unspecified atom stereocenters. The number of hydrogen-bond acceptors (Lipinski definition) is 4. The molecular weight excluding hydrogens is 218 g/mol. The zero-order valence-electron chi connectivity index (χ0n) is 8.74. The Bertz CT molecular complexity index is 383. The zero-order chi connectivity index (χ0) is 12.1. The van der Waals surface area contributed by atoms with E-state index in [0.717, 1.165) is 0 Å². The van der Waals surface area contributed by atoms with E-state index in [2.05, 4.69) is 9.72 Å². The lowest BCUT2D eigenvalue weighted by molar-refractivity contribution is -0.142. The van der Waals surface area contributed by atoms with Crippen molar-refractivity contribution in [3.05, 3.63) is 23.4 Å². The van der Waals surface area contributed by atoms with Crippen LogP contribution >= 0.6 is 0 Å². The van der Waals surface area contributed by atoms with Crippen LogP contribution in [0, 0.1) is 0 Å². The SMILES string of the molecule is CCOC(=O)Cc1ccnc(N)c1C(F)F. The van der Waals surface area contributed by atoms with Crippen molar-refractivity contribution in [2.45, 2.75) is 19.8 Å². The van der Waals surface area contributed by atoms with Gasteiger partial charge in [-0.3, -0.25) is 4.79 Å². The number of pyridine rings is 1. The van der Waals surface area contributed by atoms with Crippen LogP contribution in [0.2, 0.25) is 0 Å². The van der Waals surface area contributed by atoms with Crippen LogP contribution in [0.1, 0.15) is 24.5 Å². The molecule has 1 rings (SSSR count). The standard InChI is InChI=1S/C10H12F2N2O2/c1-2-16-7(15)5-6-3-4-14-10(13)8(6)9(11)12/h3-4,9H,2,5H2,1H3,(H2,13,14). The molecule has 0 aromatic carbocycles. The molecule has 0 aliphatic heterocycles. The molecule has 88 valence electrons. The first-order valence-corrected chi connectivity index (χ1v) is 4.73. The molecular formula is C10H12F2N2O2. The lowest BCUT2D eigenvalue weighted by atomic mass is 10.1. The van der Waals surface area contributed by atoms with E-state index in [0.29, 0.717) is 0 Å². The summed E-state index contributed by atoms with van der Waals surface area (Å²) in [7, 11) is 0. The summed E-state index contributed by atoms with van der Waals surface area (Å²) in [5, 5.41) is 0. The fourth-order valence-electron chi connectivity index (χ4n) is 1.30. The lowest BCUT2D eigenvalue weighted by Crippen LogP contribution is -2.11. The van der Waals surface area contributed by atoms with Crippen molar-refractivity contribution in [1.82, 2.24) is 4.98 Å². The van der Waals surface area contributed by atoms with E-state index >= 15 is 0 Å². The van der Waals surface area contributed by atoms with Crippen LogP contribution in [0.4, 0.5) is 14.6 Å². The number of nitrogen functional groups attached to an aromatic ring is 1. The van der Waals surface area contributed by atoms with Crippen LogP contribution in [-0.4, -0.2) is 17.6 Å². The molecule has 1 aromatic rings. The number of anilines is 1. The van der Waals surface area contributed by atoms with Crippen molar-refractivity contribution in [3.8, 4) is 0 Å². The predicted molar refractivity (Wildman–Crippen MR) is 53.9 cm³/mol. The third kappa shape index (κ3) is 2.88. The summed E-state index contributed by atoms with van der Waals surface area (Å²) in [5.74, 6) is -0.813. The third-order valence-electron chi connectivity index (χ3n) is 1.97. The first kappa shape index (κ1) is 12.4. The minimum Gasteiger partial charge on any atom is -0.466 e. The molecule has 0 aliphatic carbocycles. The highest BCUT2D eigenvalue weighted by Gasteiger charge is 2.19. The monoisotopic (exact) mass is 230 g/mol. The van der Waals surface area contributed by atoms with Crippen molar-refractivity contribution < 1.29 is 18.3 Å². The highest BCUT2D eigenvalue weighted by molar-refractivity contribution is 5.73. The number of nitrogens with zero attached hydrogens (tertiary/aromatic N) is 1. The van der Waals surface area contributed by atoms with Gasteiger partial charge in [0.25, 0.3) is 6.43 Å². The van der Waals surface area contributed by atoms with E-state index in [9.17, 15) is 13.6 Å². The van der Waals surface area contributed by atoms with Gasteiger partial charge < -0.3 is 10.5 Å². The molecule has 0 fully saturated rings. The van der Waals surface area contributed by atoms with Crippen LogP contribution in [0.3, 0.4) is 0 Å². The molecule has 0 spiro atoms. The molecule has 0 aliphatic rings. The summed E-state index contributed by atoms with van der Waals surface area (Å²) in [6.07, 6.45) is -1.69. The normalized spacial score (nSPS) is 10.5. The number of nitrogens with two attached hydrogens (primary N) is 1. The van der Waals surface area contributed by atoms with Gasteiger partial charge >= 0.3 is 5.97 Å². The van der Waals surface area contributed by atoms with Gasteiger partial charge in [-0.1, -0.05) is 0 Å². The minimum atomic E-state index is -2.75. The molecule has 0 bridgehead atoms. The molecule has 4 nitrogen and oxygen atoms in total. The van der Waals surface area contributed by atoms with Crippen LogP contribution in [0.15, 0.2) is 12.3 Å². The quantitative estimate of drug-likeness (QED) is 0.799. The topological polar surface area (TPSA) is 65.2 Å². The van der Waals surface area contributed by atoms with Gasteiger partial charge in [0.2, 0.25) is 0 Å². The number of hydrogen-bond donors (Lipinski definition) is 1. The molecule has 6 heteroatoms. The smallest absolute Gasteiger partial charge is 0.310 e. The highest BCUT2D eigenvalue weighted by Crippen LogP contribution is 2.27. The number of carbonyl (C=O) groups is 1. The van der Waals surface area contributed by atoms with Crippen molar-refractivity contribution in [3.63, 3.8) is 0 Å². The highest BCUT2D eigenvalue weighted by atomic mass is 19.3. The van der Waals surface area contributed by atoms with E-state index in [4.69, 9.17) is 5.73 Å². The minimum absolute atomic E-state index is 0.154. The average Bonchev–Trinajstić information content (AvgIpc) is 2.17. The van der Waals surface area contributed by atoms with Gasteiger partial charge in [0.05, 0.1) is 18.6 Å². The number of ether oxygens (including phenoxy) is 1. The summed E-state index contributed by atoms with van der Waals surface area (Å²) in [5.41, 5.74) is 5.09. The molecule has 1 aromatic heterocycles. The van der Waals surface area contributed by atoms with Crippen LogP contribution < -0.4 is 5.73 Å². The van der Waals surface area contributed by atoms with E-state index in [1.54, 1.807) is 6.92 Å². The lowest BCUT2D eigenvalue weighted by Gasteiger charge is -2.09. The number of halogens is 2. The van der Waals surface area contributed by atoms with Crippen molar-refractivity contribution in [1.29, 1.82) is 0 Å². The van der Waals surface area contributed by atoms with Gasteiger partial charge in [0.15, 0.2) is 0 Å². The predicted octanol–water partition coefficient (Wildman–Crippen LogP) is 1.71. The van der Waals surface area contributed by atoms with Crippen LogP contribution in [0.5, 0.6) is 0 Å².